The number of hydrogen-bond acceptors (Lipinski definition) is 4. The molecule has 0 spiro atoms. The SMILES string of the molecule is NC[C@@H](O)c1ccc([N+](=O)[O-])c(Cl)c1. The predicted octanol–water partition coefficient (Wildman–Crippen LogP) is 1.24. The topological polar surface area (TPSA) is 89.4 Å². The normalized spacial score (nSPS) is 12.5. The number of aliphatic hydroxyl groups excluding tert-OH is 1. The summed E-state index contributed by atoms with van der Waals surface area (Å²) in [4.78, 5) is 9.82. The van der Waals surface area contributed by atoms with Crippen molar-refractivity contribution in [1.29, 1.82) is 0 Å². The Morgan fingerprint density at radius 2 is 2.29 bits per heavy atom. The summed E-state index contributed by atoms with van der Waals surface area (Å²) < 4.78 is 0. The molecule has 0 radical (unpaired) electrons. The maximum absolute atomic E-state index is 10.4. The summed E-state index contributed by atoms with van der Waals surface area (Å²) in [6.45, 7) is 0.0497. The van der Waals surface area contributed by atoms with E-state index in [-0.39, 0.29) is 17.3 Å². The molecule has 0 bridgehead atoms. The molecule has 1 aromatic rings. The minimum absolute atomic E-state index is 0.000000000000000444. The molecule has 0 fully saturated rings. The van der Waals surface area contributed by atoms with Gasteiger partial charge < -0.3 is 10.8 Å². The highest BCUT2D eigenvalue weighted by atomic mass is 35.5. The van der Waals surface area contributed by atoms with Crippen LogP contribution in [-0.4, -0.2) is 16.6 Å². The quantitative estimate of drug-likeness (QED) is 0.588. The summed E-state index contributed by atoms with van der Waals surface area (Å²) in [6.07, 6.45) is -0.840. The molecule has 0 aliphatic heterocycles. The van der Waals surface area contributed by atoms with Crippen LogP contribution in [0.25, 0.3) is 0 Å². The first-order valence-electron chi connectivity index (χ1n) is 3.88. The third kappa shape index (κ3) is 2.20. The van der Waals surface area contributed by atoms with Crippen molar-refractivity contribution in [3.63, 3.8) is 0 Å². The van der Waals surface area contributed by atoms with Crippen molar-refractivity contribution < 1.29 is 10.0 Å². The number of aliphatic hydroxyl groups is 1. The zero-order chi connectivity index (χ0) is 10.7. The molecule has 5 nitrogen and oxygen atoms in total. The van der Waals surface area contributed by atoms with Crippen LogP contribution in [-0.2, 0) is 0 Å². The van der Waals surface area contributed by atoms with Gasteiger partial charge in [-0.25, -0.2) is 0 Å². The van der Waals surface area contributed by atoms with E-state index >= 15 is 0 Å². The van der Waals surface area contributed by atoms with Gasteiger partial charge in [0, 0.05) is 12.6 Å². The minimum Gasteiger partial charge on any atom is -0.387 e. The molecule has 0 aliphatic rings. The van der Waals surface area contributed by atoms with E-state index in [9.17, 15) is 15.2 Å². The van der Waals surface area contributed by atoms with Crippen LogP contribution >= 0.6 is 11.6 Å². The number of nitrogens with two attached hydrogens (primary N) is 1. The van der Waals surface area contributed by atoms with E-state index in [4.69, 9.17) is 17.3 Å². The van der Waals surface area contributed by atoms with Crippen molar-refractivity contribution in [3.05, 3.63) is 38.9 Å². The molecule has 0 aliphatic carbocycles. The summed E-state index contributed by atoms with van der Waals surface area (Å²) in [5.74, 6) is 0. The minimum atomic E-state index is -0.840. The van der Waals surface area contributed by atoms with Gasteiger partial charge in [-0.2, -0.15) is 0 Å². The second-order valence-electron chi connectivity index (χ2n) is 2.72. The Kier molecular flexibility index (Phi) is 3.40. The monoisotopic (exact) mass is 216 g/mol. The number of benzene rings is 1. The largest absolute Gasteiger partial charge is 0.387 e. The van der Waals surface area contributed by atoms with Crippen LogP contribution in [0, 0.1) is 10.1 Å². The number of rotatable bonds is 3. The maximum Gasteiger partial charge on any atom is 0.287 e. The first-order valence-corrected chi connectivity index (χ1v) is 4.26. The third-order valence-corrected chi connectivity index (χ3v) is 2.08. The molecule has 0 aromatic heterocycles. The molecule has 0 heterocycles. The molecule has 6 heteroatoms. The molecule has 0 saturated heterocycles. The molecule has 1 atom stereocenters. The smallest absolute Gasteiger partial charge is 0.287 e. The van der Waals surface area contributed by atoms with Crippen LogP contribution in [0.4, 0.5) is 5.69 Å². The highest BCUT2D eigenvalue weighted by Gasteiger charge is 2.14. The van der Waals surface area contributed by atoms with E-state index in [1.54, 1.807) is 0 Å². The predicted molar refractivity (Wildman–Crippen MR) is 52.1 cm³/mol. The highest BCUT2D eigenvalue weighted by molar-refractivity contribution is 6.32. The van der Waals surface area contributed by atoms with Gasteiger partial charge in [-0.15, -0.1) is 0 Å². The van der Waals surface area contributed by atoms with Gasteiger partial charge in [0.05, 0.1) is 11.0 Å². The van der Waals surface area contributed by atoms with Crippen molar-refractivity contribution in [2.45, 2.75) is 6.10 Å². The fourth-order valence-corrected chi connectivity index (χ4v) is 1.27. The van der Waals surface area contributed by atoms with Crippen LogP contribution in [0.2, 0.25) is 5.02 Å². The maximum atomic E-state index is 10.4. The van der Waals surface area contributed by atoms with Crippen molar-refractivity contribution in [2.24, 2.45) is 5.73 Å². The first-order chi connectivity index (χ1) is 6.56. The molecule has 1 aromatic carbocycles. The van der Waals surface area contributed by atoms with Gasteiger partial charge in [-0.3, -0.25) is 10.1 Å². The zero-order valence-electron chi connectivity index (χ0n) is 7.18. The lowest BCUT2D eigenvalue weighted by Gasteiger charge is -2.07. The molecule has 1 rings (SSSR count). The molecular weight excluding hydrogens is 208 g/mol. The van der Waals surface area contributed by atoms with Gasteiger partial charge in [-0.05, 0) is 17.7 Å². The molecule has 76 valence electrons. The fourth-order valence-electron chi connectivity index (χ4n) is 1.01. The molecule has 0 saturated carbocycles. The lowest BCUT2D eigenvalue weighted by Crippen LogP contribution is -2.11. The van der Waals surface area contributed by atoms with Gasteiger partial charge in [-0.1, -0.05) is 11.6 Å². The van der Waals surface area contributed by atoms with E-state index in [2.05, 4.69) is 0 Å². The summed E-state index contributed by atoms with van der Waals surface area (Å²) in [7, 11) is 0. The van der Waals surface area contributed by atoms with Crippen molar-refractivity contribution in [2.75, 3.05) is 6.54 Å². The Labute approximate surface area is 85.3 Å². The lowest BCUT2D eigenvalue weighted by molar-refractivity contribution is -0.384. The number of nitro groups is 1. The summed E-state index contributed by atoms with van der Waals surface area (Å²) in [5.41, 5.74) is 5.52. The second-order valence-corrected chi connectivity index (χ2v) is 3.13. The molecule has 3 N–H and O–H groups in total. The van der Waals surface area contributed by atoms with E-state index in [1.165, 1.54) is 18.2 Å². The standard InChI is InChI=1S/C8H9ClN2O3/c9-6-3-5(8(12)4-10)1-2-7(6)11(13)14/h1-3,8,12H,4,10H2/t8-/m1/s1. The number of halogens is 1. The van der Waals surface area contributed by atoms with Crippen LogP contribution in [0.5, 0.6) is 0 Å². The number of hydrogen-bond donors (Lipinski definition) is 2. The van der Waals surface area contributed by atoms with Gasteiger partial charge in [0.25, 0.3) is 5.69 Å². The first kappa shape index (κ1) is 10.9. The number of nitrogens with zero attached hydrogens (tertiary/aromatic N) is 1. The van der Waals surface area contributed by atoms with Gasteiger partial charge in [0.2, 0.25) is 0 Å². The average Bonchev–Trinajstić information content (AvgIpc) is 2.15. The average molecular weight is 217 g/mol. The van der Waals surface area contributed by atoms with Crippen LogP contribution in [0.15, 0.2) is 18.2 Å². The fraction of sp³-hybridized carbons (Fsp3) is 0.250. The van der Waals surface area contributed by atoms with Crippen molar-refractivity contribution in [1.82, 2.24) is 0 Å². The van der Waals surface area contributed by atoms with Crippen LogP contribution in [0.1, 0.15) is 11.7 Å². The summed E-state index contributed by atoms with van der Waals surface area (Å²) in [6, 6.07) is 4.02. The Hall–Kier alpha value is -1.17. The third-order valence-electron chi connectivity index (χ3n) is 1.78. The molecule has 0 unspecified atom stereocenters. The Morgan fingerprint density at radius 3 is 2.71 bits per heavy atom. The molecule has 0 amide bonds. The molecule has 14 heavy (non-hydrogen) atoms. The van der Waals surface area contributed by atoms with Gasteiger partial charge in [0.15, 0.2) is 0 Å². The second kappa shape index (κ2) is 4.36. The highest BCUT2D eigenvalue weighted by Crippen LogP contribution is 2.27. The van der Waals surface area contributed by atoms with E-state index in [0.29, 0.717) is 5.56 Å². The van der Waals surface area contributed by atoms with Gasteiger partial charge in [0.1, 0.15) is 5.02 Å². The van der Waals surface area contributed by atoms with E-state index in [1.807, 2.05) is 0 Å². The Morgan fingerprint density at radius 1 is 1.64 bits per heavy atom. The Balaban J connectivity index is 3.06. The van der Waals surface area contributed by atoms with E-state index < -0.39 is 11.0 Å². The number of nitro benzene ring substituents is 1. The Bertz CT molecular complexity index is 356. The van der Waals surface area contributed by atoms with Crippen molar-refractivity contribution in [3.8, 4) is 0 Å². The zero-order valence-corrected chi connectivity index (χ0v) is 7.94. The molecular formula is C8H9ClN2O3. The summed E-state index contributed by atoms with van der Waals surface area (Å²) in [5, 5.41) is 19.7. The van der Waals surface area contributed by atoms with Crippen LogP contribution < -0.4 is 5.73 Å². The van der Waals surface area contributed by atoms with Crippen LogP contribution in [0.3, 0.4) is 0 Å². The van der Waals surface area contributed by atoms with E-state index in [0.717, 1.165) is 0 Å². The van der Waals surface area contributed by atoms with Gasteiger partial charge >= 0.3 is 0 Å². The lowest BCUT2D eigenvalue weighted by atomic mass is 10.1. The summed E-state index contributed by atoms with van der Waals surface area (Å²) >= 11 is 5.63. The van der Waals surface area contributed by atoms with Crippen molar-refractivity contribution >= 4 is 17.3 Å².